The van der Waals surface area contributed by atoms with Gasteiger partial charge in [-0.25, -0.2) is 0 Å². The van der Waals surface area contributed by atoms with Gasteiger partial charge in [0.05, 0.1) is 23.8 Å². The van der Waals surface area contributed by atoms with Crippen LogP contribution in [0, 0.1) is 11.3 Å². The highest BCUT2D eigenvalue weighted by Gasteiger charge is 2.32. The number of nitrogens with zero attached hydrogens (tertiary/aromatic N) is 1. The summed E-state index contributed by atoms with van der Waals surface area (Å²) in [6.45, 7) is -0.831. The molecule has 2 unspecified atom stereocenters. The lowest BCUT2D eigenvalue weighted by molar-refractivity contribution is -0.137. The molecule has 0 aromatic heterocycles. The summed E-state index contributed by atoms with van der Waals surface area (Å²) < 4.78 is 37.4. The fourth-order valence-electron chi connectivity index (χ4n) is 1.39. The molecule has 2 atom stereocenters. The number of rotatable bonds is 3. The average molecular weight is 261 g/mol. The van der Waals surface area contributed by atoms with Gasteiger partial charge in [0.1, 0.15) is 12.2 Å². The number of halogens is 3. The van der Waals surface area contributed by atoms with E-state index in [1.807, 2.05) is 0 Å². The SMILES string of the molecule is N#Cc1ccc(C(F)(F)F)cc1C(O)C(O)CO. The number of hydrogen-bond donors (Lipinski definition) is 3. The summed E-state index contributed by atoms with van der Waals surface area (Å²) in [6, 6.07) is 3.82. The molecule has 0 bridgehead atoms. The van der Waals surface area contributed by atoms with Crippen LogP contribution in [0.25, 0.3) is 0 Å². The van der Waals surface area contributed by atoms with Gasteiger partial charge in [-0.2, -0.15) is 18.4 Å². The largest absolute Gasteiger partial charge is 0.416 e. The molecule has 0 saturated heterocycles. The number of alkyl halides is 3. The highest BCUT2D eigenvalue weighted by atomic mass is 19.4. The highest BCUT2D eigenvalue weighted by Crippen LogP contribution is 2.32. The molecule has 1 rings (SSSR count). The summed E-state index contributed by atoms with van der Waals surface area (Å²) in [5.41, 5.74) is -1.60. The zero-order chi connectivity index (χ0) is 13.9. The fourth-order valence-corrected chi connectivity index (χ4v) is 1.39. The maximum atomic E-state index is 12.5. The van der Waals surface area contributed by atoms with Crippen LogP contribution in [0.3, 0.4) is 0 Å². The van der Waals surface area contributed by atoms with E-state index >= 15 is 0 Å². The van der Waals surface area contributed by atoms with Crippen LogP contribution >= 0.6 is 0 Å². The van der Waals surface area contributed by atoms with Crippen molar-refractivity contribution in [2.24, 2.45) is 0 Å². The summed E-state index contributed by atoms with van der Waals surface area (Å²) in [6.07, 6.45) is -8.03. The number of aliphatic hydroxyl groups excluding tert-OH is 3. The van der Waals surface area contributed by atoms with Gasteiger partial charge in [-0.15, -0.1) is 0 Å². The minimum atomic E-state index is -4.62. The monoisotopic (exact) mass is 261 g/mol. The minimum absolute atomic E-state index is 0.192. The molecule has 7 heteroatoms. The van der Waals surface area contributed by atoms with Crippen molar-refractivity contribution in [2.75, 3.05) is 6.61 Å². The van der Waals surface area contributed by atoms with Gasteiger partial charge in [0.25, 0.3) is 0 Å². The Balaban J connectivity index is 3.28. The number of hydrogen-bond acceptors (Lipinski definition) is 4. The van der Waals surface area contributed by atoms with E-state index in [-0.39, 0.29) is 11.1 Å². The van der Waals surface area contributed by atoms with E-state index in [9.17, 15) is 23.4 Å². The molecule has 0 aliphatic heterocycles. The Morgan fingerprint density at radius 3 is 2.33 bits per heavy atom. The van der Waals surface area contributed by atoms with Crippen LogP contribution < -0.4 is 0 Å². The van der Waals surface area contributed by atoms with Crippen molar-refractivity contribution in [3.8, 4) is 6.07 Å². The highest BCUT2D eigenvalue weighted by molar-refractivity contribution is 5.42. The van der Waals surface area contributed by atoms with Crippen LogP contribution in [-0.4, -0.2) is 28.0 Å². The molecule has 0 aliphatic rings. The zero-order valence-electron chi connectivity index (χ0n) is 9.02. The molecule has 0 fully saturated rings. The van der Waals surface area contributed by atoms with Gasteiger partial charge in [-0.1, -0.05) is 0 Å². The lowest BCUT2D eigenvalue weighted by Crippen LogP contribution is -2.23. The molecule has 1 aromatic carbocycles. The third-order valence-electron chi connectivity index (χ3n) is 2.37. The smallest absolute Gasteiger partial charge is 0.394 e. The molecule has 0 radical (unpaired) electrons. The number of aliphatic hydroxyl groups is 3. The molecule has 0 amide bonds. The Kier molecular flexibility index (Phi) is 4.29. The third-order valence-corrected chi connectivity index (χ3v) is 2.37. The number of nitriles is 1. The van der Waals surface area contributed by atoms with Crippen LogP contribution in [0.1, 0.15) is 22.8 Å². The molecular formula is C11H10F3NO3. The first-order chi connectivity index (χ1) is 8.31. The van der Waals surface area contributed by atoms with Gasteiger partial charge in [0.2, 0.25) is 0 Å². The molecule has 0 heterocycles. The van der Waals surface area contributed by atoms with Crippen LogP contribution in [0.2, 0.25) is 0 Å². The summed E-state index contributed by atoms with van der Waals surface area (Å²) >= 11 is 0. The standard InChI is InChI=1S/C11H10F3NO3/c12-11(13,14)7-2-1-6(4-15)8(3-7)10(18)9(17)5-16/h1-3,9-10,16-18H,5H2. The maximum Gasteiger partial charge on any atom is 0.416 e. The Bertz CT molecular complexity index is 468. The van der Waals surface area contributed by atoms with Crippen LogP contribution in [-0.2, 0) is 6.18 Å². The second-order valence-electron chi connectivity index (χ2n) is 3.61. The van der Waals surface area contributed by atoms with Gasteiger partial charge in [-0.3, -0.25) is 0 Å². The Labute approximate surface area is 101 Å². The van der Waals surface area contributed by atoms with E-state index in [0.29, 0.717) is 12.1 Å². The second-order valence-corrected chi connectivity index (χ2v) is 3.61. The average Bonchev–Trinajstić information content (AvgIpc) is 2.35. The third kappa shape index (κ3) is 2.98. The van der Waals surface area contributed by atoms with Crippen molar-refractivity contribution in [1.82, 2.24) is 0 Å². The zero-order valence-corrected chi connectivity index (χ0v) is 9.02. The van der Waals surface area contributed by atoms with Crippen LogP contribution in [0.15, 0.2) is 18.2 Å². The van der Waals surface area contributed by atoms with Crippen molar-refractivity contribution >= 4 is 0 Å². The molecule has 3 N–H and O–H groups in total. The molecule has 4 nitrogen and oxygen atoms in total. The number of benzene rings is 1. The van der Waals surface area contributed by atoms with E-state index in [4.69, 9.17) is 10.4 Å². The van der Waals surface area contributed by atoms with Crippen molar-refractivity contribution in [3.05, 3.63) is 34.9 Å². The second kappa shape index (κ2) is 5.35. The van der Waals surface area contributed by atoms with Gasteiger partial charge in [-0.05, 0) is 18.2 Å². The van der Waals surface area contributed by atoms with Gasteiger partial charge in [0.15, 0.2) is 0 Å². The van der Waals surface area contributed by atoms with E-state index in [1.165, 1.54) is 0 Å². The summed E-state index contributed by atoms with van der Waals surface area (Å²) in [4.78, 5) is 0. The first-order valence-corrected chi connectivity index (χ1v) is 4.89. The van der Waals surface area contributed by atoms with Crippen molar-refractivity contribution in [3.63, 3.8) is 0 Å². The molecule has 0 spiro atoms. The van der Waals surface area contributed by atoms with Gasteiger partial charge in [0, 0.05) is 5.56 Å². The summed E-state index contributed by atoms with van der Waals surface area (Å²) in [5.74, 6) is 0. The van der Waals surface area contributed by atoms with Gasteiger partial charge < -0.3 is 15.3 Å². The quantitative estimate of drug-likeness (QED) is 0.756. The predicted octanol–water partition coefficient (Wildman–Crippen LogP) is 0.964. The summed E-state index contributed by atoms with van der Waals surface area (Å²) in [7, 11) is 0. The minimum Gasteiger partial charge on any atom is -0.394 e. The predicted molar refractivity (Wildman–Crippen MR) is 54.2 cm³/mol. The van der Waals surface area contributed by atoms with Crippen LogP contribution in [0.5, 0.6) is 0 Å². The molecule has 1 aromatic rings. The normalized spacial score (nSPS) is 14.9. The maximum absolute atomic E-state index is 12.5. The Morgan fingerprint density at radius 1 is 1.28 bits per heavy atom. The lowest BCUT2D eigenvalue weighted by atomic mass is 9.97. The Hall–Kier alpha value is -1.62. The molecule has 0 aliphatic carbocycles. The van der Waals surface area contributed by atoms with Gasteiger partial charge >= 0.3 is 6.18 Å². The van der Waals surface area contributed by atoms with Crippen LogP contribution in [0.4, 0.5) is 13.2 Å². The van der Waals surface area contributed by atoms with E-state index in [2.05, 4.69) is 0 Å². The van der Waals surface area contributed by atoms with E-state index in [0.717, 1.165) is 6.07 Å². The van der Waals surface area contributed by atoms with E-state index in [1.54, 1.807) is 6.07 Å². The molecule has 18 heavy (non-hydrogen) atoms. The first kappa shape index (κ1) is 14.4. The summed E-state index contributed by atoms with van der Waals surface area (Å²) in [5, 5.41) is 36.1. The van der Waals surface area contributed by atoms with Crippen molar-refractivity contribution in [1.29, 1.82) is 5.26 Å². The fraction of sp³-hybridized carbons (Fsp3) is 0.364. The topological polar surface area (TPSA) is 84.5 Å². The molecule has 98 valence electrons. The van der Waals surface area contributed by atoms with Crippen molar-refractivity contribution in [2.45, 2.75) is 18.4 Å². The van der Waals surface area contributed by atoms with E-state index < -0.39 is 30.6 Å². The first-order valence-electron chi connectivity index (χ1n) is 4.89. The molecule has 0 saturated carbocycles. The molecular weight excluding hydrogens is 251 g/mol. The Morgan fingerprint density at radius 2 is 1.89 bits per heavy atom. The van der Waals surface area contributed by atoms with Crippen molar-refractivity contribution < 1.29 is 28.5 Å². The lowest BCUT2D eigenvalue weighted by Gasteiger charge is -2.18.